The average molecular weight is 130 g/mol. The summed E-state index contributed by atoms with van der Waals surface area (Å²) in [4.78, 5) is 10.1. The lowest BCUT2D eigenvalue weighted by molar-refractivity contribution is -0.135. The molecule has 0 bridgehead atoms. The van der Waals surface area contributed by atoms with Crippen molar-refractivity contribution in [2.24, 2.45) is 0 Å². The van der Waals surface area contributed by atoms with Crippen LogP contribution in [0.25, 0.3) is 0 Å². The van der Waals surface area contributed by atoms with Gasteiger partial charge in [0.15, 0.2) is 0 Å². The topological polar surface area (TPSA) is 35.5 Å². The third-order valence-corrected chi connectivity index (χ3v) is 0.593. The maximum absolute atomic E-state index is 10.1. The minimum Gasteiger partial charge on any atom is -0.435 e. The second kappa shape index (κ2) is 5.31. The molecular weight excluding hydrogens is 120 g/mol. The Morgan fingerprint density at radius 1 is 1.67 bits per heavy atom. The van der Waals surface area contributed by atoms with E-state index in [1.807, 2.05) is 0 Å². The van der Waals surface area contributed by atoms with E-state index in [-0.39, 0.29) is 5.97 Å². The number of esters is 1. The molecule has 0 rings (SSSR count). The molecule has 0 radical (unpaired) electrons. The molecule has 0 aromatic heterocycles. The van der Waals surface area contributed by atoms with Crippen molar-refractivity contribution in [3.63, 3.8) is 0 Å². The first-order valence-corrected chi connectivity index (χ1v) is 2.58. The van der Waals surface area contributed by atoms with Gasteiger partial charge in [0, 0.05) is 14.0 Å². The van der Waals surface area contributed by atoms with Gasteiger partial charge in [0.2, 0.25) is 0 Å². The lowest BCUT2D eigenvalue weighted by atomic mass is 10.7. The summed E-state index contributed by atoms with van der Waals surface area (Å²) < 4.78 is 9.09. The van der Waals surface area contributed by atoms with E-state index in [2.05, 4.69) is 9.47 Å². The monoisotopic (exact) mass is 130 g/mol. The Kier molecular flexibility index (Phi) is 4.82. The van der Waals surface area contributed by atoms with E-state index in [0.29, 0.717) is 6.61 Å². The van der Waals surface area contributed by atoms with Crippen LogP contribution in [0.2, 0.25) is 0 Å². The third kappa shape index (κ3) is 7.17. The molecule has 52 valence electrons. The molecule has 0 fully saturated rings. The van der Waals surface area contributed by atoms with Crippen molar-refractivity contribution in [1.29, 1.82) is 0 Å². The predicted molar refractivity (Wildman–Crippen MR) is 32.8 cm³/mol. The van der Waals surface area contributed by atoms with E-state index in [9.17, 15) is 4.79 Å². The van der Waals surface area contributed by atoms with Crippen LogP contribution in [0.15, 0.2) is 12.3 Å². The minimum absolute atomic E-state index is 0.317. The number of hydrogen-bond donors (Lipinski definition) is 0. The van der Waals surface area contributed by atoms with Crippen molar-refractivity contribution in [3.8, 4) is 0 Å². The molecule has 0 unspecified atom stereocenters. The molecule has 0 aromatic rings. The molecule has 0 heterocycles. The molecule has 3 nitrogen and oxygen atoms in total. The van der Waals surface area contributed by atoms with E-state index < -0.39 is 0 Å². The van der Waals surface area contributed by atoms with Crippen LogP contribution in [-0.2, 0) is 14.3 Å². The molecule has 0 aliphatic heterocycles. The van der Waals surface area contributed by atoms with Crippen LogP contribution < -0.4 is 0 Å². The molecule has 0 amide bonds. The van der Waals surface area contributed by atoms with Crippen LogP contribution in [0.1, 0.15) is 6.92 Å². The largest absolute Gasteiger partial charge is 0.435 e. The highest BCUT2D eigenvalue weighted by molar-refractivity contribution is 5.66. The van der Waals surface area contributed by atoms with Crippen molar-refractivity contribution in [1.82, 2.24) is 0 Å². The number of hydrogen-bond acceptors (Lipinski definition) is 3. The van der Waals surface area contributed by atoms with Crippen LogP contribution >= 0.6 is 0 Å². The average Bonchev–Trinajstić information content (AvgIpc) is 1.80. The summed E-state index contributed by atoms with van der Waals surface area (Å²) in [5.41, 5.74) is 0. The Morgan fingerprint density at radius 2 is 2.33 bits per heavy atom. The van der Waals surface area contributed by atoms with Gasteiger partial charge in [-0.3, -0.25) is 4.79 Å². The number of methoxy groups -OCH3 is 1. The Bertz CT molecular complexity index is 107. The molecule has 0 saturated carbocycles. The van der Waals surface area contributed by atoms with Crippen molar-refractivity contribution in [3.05, 3.63) is 12.3 Å². The van der Waals surface area contributed by atoms with Gasteiger partial charge in [0.1, 0.15) is 0 Å². The number of carbonyl (C=O) groups is 1. The van der Waals surface area contributed by atoms with E-state index in [1.54, 1.807) is 13.2 Å². The molecule has 0 aliphatic carbocycles. The standard InChI is InChI=1S/C6H10O3/c1-6(7)9-5-3-4-8-2/h3,5H,4H2,1-2H3/b5-3+. The Morgan fingerprint density at radius 3 is 2.78 bits per heavy atom. The van der Waals surface area contributed by atoms with Crippen molar-refractivity contribution in [2.75, 3.05) is 13.7 Å². The van der Waals surface area contributed by atoms with Gasteiger partial charge in [-0.05, 0) is 6.08 Å². The normalized spacial score (nSPS) is 10.0. The van der Waals surface area contributed by atoms with Crippen LogP contribution in [-0.4, -0.2) is 19.7 Å². The zero-order valence-electron chi connectivity index (χ0n) is 5.59. The molecule has 0 N–H and O–H groups in total. The van der Waals surface area contributed by atoms with E-state index >= 15 is 0 Å². The summed E-state index contributed by atoms with van der Waals surface area (Å²) in [5.74, 6) is -0.317. The highest BCUT2D eigenvalue weighted by Crippen LogP contribution is 1.78. The number of carbonyl (C=O) groups excluding carboxylic acids is 1. The predicted octanol–water partition coefficient (Wildman–Crippen LogP) is 0.710. The van der Waals surface area contributed by atoms with Crippen molar-refractivity contribution >= 4 is 5.97 Å². The zero-order valence-corrected chi connectivity index (χ0v) is 5.59. The first-order chi connectivity index (χ1) is 4.27. The van der Waals surface area contributed by atoms with Gasteiger partial charge in [0.05, 0.1) is 12.9 Å². The highest BCUT2D eigenvalue weighted by Gasteiger charge is 1.82. The molecular formula is C6H10O3. The van der Waals surface area contributed by atoms with Gasteiger partial charge >= 0.3 is 5.97 Å². The fourth-order valence-corrected chi connectivity index (χ4v) is 0.279. The SMILES string of the molecule is COC/C=C/OC(C)=O. The summed E-state index contributed by atoms with van der Waals surface area (Å²) in [6, 6.07) is 0. The summed E-state index contributed by atoms with van der Waals surface area (Å²) >= 11 is 0. The van der Waals surface area contributed by atoms with Crippen LogP contribution in [0, 0.1) is 0 Å². The molecule has 0 aliphatic rings. The highest BCUT2D eigenvalue weighted by atomic mass is 16.5. The summed E-state index contributed by atoms with van der Waals surface area (Å²) in [6.45, 7) is 1.81. The van der Waals surface area contributed by atoms with Gasteiger partial charge in [-0.25, -0.2) is 0 Å². The number of ether oxygens (including phenoxy) is 2. The fraction of sp³-hybridized carbons (Fsp3) is 0.500. The molecule has 0 atom stereocenters. The van der Waals surface area contributed by atoms with E-state index in [0.717, 1.165) is 0 Å². The molecule has 0 aromatic carbocycles. The van der Waals surface area contributed by atoms with Gasteiger partial charge in [-0.1, -0.05) is 0 Å². The Balaban J connectivity index is 3.14. The lowest BCUT2D eigenvalue weighted by Crippen LogP contribution is -1.90. The van der Waals surface area contributed by atoms with E-state index in [1.165, 1.54) is 13.2 Å². The Labute approximate surface area is 54.3 Å². The molecule has 0 spiro atoms. The van der Waals surface area contributed by atoms with Crippen LogP contribution in [0.4, 0.5) is 0 Å². The summed E-state index contributed by atoms with van der Waals surface area (Å²) in [5, 5.41) is 0. The lowest BCUT2D eigenvalue weighted by Gasteiger charge is -1.89. The van der Waals surface area contributed by atoms with Crippen molar-refractivity contribution in [2.45, 2.75) is 6.92 Å². The second-order valence-electron chi connectivity index (χ2n) is 1.44. The third-order valence-electron chi connectivity index (χ3n) is 0.593. The van der Waals surface area contributed by atoms with Crippen molar-refractivity contribution < 1.29 is 14.3 Å². The fourth-order valence-electron chi connectivity index (χ4n) is 0.279. The number of rotatable bonds is 3. The maximum atomic E-state index is 10.1. The molecule has 9 heavy (non-hydrogen) atoms. The van der Waals surface area contributed by atoms with Gasteiger partial charge in [-0.2, -0.15) is 0 Å². The minimum atomic E-state index is -0.317. The quantitative estimate of drug-likeness (QED) is 0.417. The smallest absolute Gasteiger partial charge is 0.307 e. The zero-order chi connectivity index (χ0) is 7.11. The second-order valence-corrected chi connectivity index (χ2v) is 1.44. The maximum Gasteiger partial charge on any atom is 0.307 e. The summed E-state index contributed by atoms with van der Waals surface area (Å²) in [7, 11) is 1.57. The summed E-state index contributed by atoms with van der Waals surface area (Å²) in [6.07, 6.45) is 2.92. The van der Waals surface area contributed by atoms with Crippen LogP contribution in [0.3, 0.4) is 0 Å². The first kappa shape index (κ1) is 8.17. The first-order valence-electron chi connectivity index (χ1n) is 2.58. The molecule has 3 heteroatoms. The van der Waals surface area contributed by atoms with Gasteiger partial charge in [-0.15, -0.1) is 0 Å². The molecule has 0 saturated heterocycles. The van der Waals surface area contributed by atoms with Gasteiger partial charge in [0.25, 0.3) is 0 Å². The van der Waals surface area contributed by atoms with E-state index in [4.69, 9.17) is 0 Å². The van der Waals surface area contributed by atoms with Gasteiger partial charge < -0.3 is 9.47 Å². The van der Waals surface area contributed by atoms with Crippen LogP contribution in [0.5, 0.6) is 0 Å². The Hall–Kier alpha value is -0.830.